The molecule has 2 aliphatic rings. The topological polar surface area (TPSA) is 67.2 Å². The second kappa shape index (κ2) is 8.73. The number of aromatic nitrogens is 2. The average molecular weight is 411 g/mol. The molecule has 1 saturated heterocycles. The Hall–Kier alpha value is -1.41. The summed E-state index contributed by atoms with van der Waals surface area (Å²) in [5.74, 6) is 0.854. The number of rotatable bonds is 7. The van der Waals surface area contributed by atoms with Crippen molar-refractivity contribution in [3.63, 3.8) is 0 Å². The molecule has 1 aliphatic carbocycles. The molecular formula is C19H27ClN4O2S. The Morgan fingerprint density at radius 2 is 1.78 bits per heavy atom. The lowest BCUT2D eigenvalue weighted by molar-refractivity contribution is 0.288. The fourth-order valence-corrected chi connectivity index (χ4v) is 4.86. The Kier molecular flexibility index (Phi) is 6.57. The standard InChI is InChI=1S/C19H26N4O2S.ClH/c24-26(25,23-10-8-18(9-11-23)20-12-16-6-7-16)19-13-21-22(15-19)14-17-4-2-1-3-5-17;/h1-5,13,15-16,18,20H,6-12,14H2;1H. The zero-order valence-electron chi connectivity index (χ0n) is 15.3. The van der Waals surface area contributed by atoms with Crippen LogP contribution < -0.4 is 5.32 Å². The fraction of sp³-hybridized carbons (Fsp3) is 0.526. The van der Waals surface area contributed by atoms with Gasteiger partial charge in [0.1, 0.15) is 4.90 Å². The summed E-state index contributed by atoms with van der Waals surface area (Å²) < 4.78 is 29.1. The molecule has 0 unspecified atom stereocenters. The Morgan fingerprint density at radius 3 is 2.44 bits per heavy atom. The summed E-state index contributed by atoms with van der Waals surface area (Å²) in [4.78, 5) is 0.290. The van der Waals surface area contributed by atoms with Crippen molar-refractivity contribution < 1.29 is 8.42 Å². The van der Waals surface area contributed by atoms with E-state index < -0.39 is 10.0 Å². The van der Waals surface area contributed by atoms with Crippen LogP contribution in [0.4, 0.5) is 0 Å². The minimum atomic E-state index is -3.45. The van der Waals surface area contributed by atoms with Gasteiger partial charge in [0.2, 0.25) is 10.0 Å². The summed E-state index contributed by atoms with van der Waals surface area (Å²) in [5, 5.41) is 7.83. The summed E-state index contributed by atoms with van der Waals surface area (Å²) in [7, 11) is -3.45. The average Bonchev–Trinajstić information content (AvgIpc) is 3.37. The van der Waals surface area contributed by atoms with Gasteiger partial charge in [-0.1, -0.05) is 30.3 Å². The van der Waals surface area contributed by atoms with E-state index in [9.17, 15) is 8.42 Å². The fourth-order valence-electron chi connectivity index (χ4n) is 3.44. The maximum Gasteiger partial charge on any atom is 0.246 e. The number of halogens is 1. The normalized spacial score (nSPS) is 19.0. The van der Waals surface area contributed by atoms with Gasteiger partial charge in [-0.05, 0) is 43.7 Å². The van der Waals surface area contributed by atoms with Crippen molar-refractivity contribution in [3.8, 4) is 0 Å². The van der Waals surface area contributed by atoms with Crippen LogP contribution in [0.2, 0.25) is 0 Å². The molecule has 1 aliphatic heterocycles. The largest absolute Gasteiger partial charge is 0.314 e. The lowest BCUT2D eigenvalue weighted by atomic mass is 10.1. The maximum atomic E-state index is 12.9. The van der Waals surface area contributed by atoms with Crippen molar-refractivity contribution in [2.24, 2.45) is 5.92 Å². The SMILES string of the molecule is Cl.O=S(=O)(c1cnn(Cc2ccccc2)c1)N1CCC(NCC2CC2)CC1. The Labute approximate surface area is 167 Å². The van der Waals surface area contributed by atoms with Crippen LogP contribution in [0, 0.1) is 5.92 Å². The summed E-state index contributed by atoms with van der Waals surface area (Å²) in [6.07, 6.45) is 7.55. The molecule has 0 amide bonds. The molecule has 148 valence electrons. The number of hydrogen-bond acceptors (Lipinski definition) is 4. The molecule has 0 bridgehead atoms. The first-order valence-electron chi connectivity index (χ1n) is 9.41. The first-order valence-corrected chi connectivity index (χ1v) is 10.9. The van der Waals surface area contributed by atoms with Gasteiger partial charge in [-0.3, -0.25) is 4.68 Å². The van der Waals surface area contributed by atoms with E-state index in [1.807, 2.05) is 30.3 Å². The van der Waals surface area contributed by atoms with Crippen LogP contribution >= 0.6 is 12.4 Å². The van der Waals surface area contributed by atoms with Crippen LogP contribution in [-0.4, -0.2) is 48.2 Å². The summed E-state index contributed by atoms with van der Waals surface area (Å²) in [5.41, 5.74) is 1.10. The molecule has 2 aromatic rings. The smallest absolute Gasteiger partial charge is 0.246 e. The third-order valence-electron chi connectivity index (χ3n) is 5.28. The summed E-state index contributed by atoms with van der Waals surface area (Å²) >= 11 is 0. The second-order valence-electron chi connectivity index (χ2n) is 7.39. The highest BCUT2D eigenvalue weighted by molar-refractivity contribution is 7.89. The predicted molar refractivity (Wildman–Crippen MR) is 108 cm³/mol. The number of piperidine rings is 1. The molecule has 0 radical (unpaired) electrons. The molecule has 6 nitrogen and oxygen atoms in total. The van der Waals surface area contributed by atoms with E-state index in [1.165, 1.54) is 19.0 Å². The van der Waals surface area contributed by atoms with Crippen molar-refractivity contribution in [3.05, 3.63) is 48.3 Å². The Balaban J connectivity index is 0.00000210. The quantitative estimate of drug-likeness (QED) is 0.761. The maximum absolute atomic E-state index is 12.9. The van der Waals surface area contributed by atoms with Gasteiger partial charge in [0.15, 0.2) is 0 Å². The van der Waals surface area contributed by atoms with Crippen LogP contribution in [-0.2, 0) is 16.6 Å². The molecule has 1 saturated carbocycles. The van der Waals surface area contributed by atoms with Crippen molar-refractivity contribution in [1.82, 2.24) is 19.4 Å². The molecule has 1 aromatic heterocycles. The lowest BCUT2D eigenvalue weighted by Gasteiger charge is -2.31. The van der Waals surface area contributed by atoms with Gasteiger partial charge < -0.3 is 5.32 Å². The Morgan fingerprint density at radius 1 is 1.07 bits per heavy atom. The minimum absolute atomic E-state index is 0. The first-order chi connectivity index (χ1) is 12.6. The number of nitrogens with one attached hydrogen (secondary N) is 1. The van der Waals surface area contributed by atoms with Crippen molar-refractivity contribution in [2.75, 3.05) is 19.6 Å². The van der Waals surface area contributed by atoms with E-state index >= 15 is 0 Å². The molecule has 2 fully saturated rings. The van der Waals surface area contributed by atoms with Crippen LogP contribution in [0.25, 0.3) is 0 Å². The highest BCUT2D eigenvalue weighted by atomic mass is 35.5. The van der Waals surface area contributed by atoms with Gasteiger partial charge in [0.25, 0.3) is 0 Å². The van der Waals surface area contributed by atoms with Crippen LogP contribution in [0.5, 0.6) is 0 Å². The summed E-state index contributed by atoms with van der Waals surface area (Å²) in [6.45, 7) is 2.82. The zero-order valence-corrected chi connectivity index (χ0v) is 17.0. The second-order valence-corrected chi connectivity index (χ2v) is 9.33. The van der Waals surface area contributed by atoms with Gasteiger partial charge in [-0.25, -0.2) is 8.42 Å². The molecule has 27 heavy (non-hydrogen) atoms. The van der Waals surface area contributed by atoms with Crippen molar-refractivity contribution >= 4 is 22.4 Å². The third kappa shape index (κ3) is 5.10. The van der Waals surface area contributed by atoms with E-state index in [0.29, 0.717) is 25.7 Å². The van der Waals surface area contributed by atoms with Crippen LogP contribution in [0.1, 0.15) is 31.2 Å². The van der Waals surface area contributed by atoms with E-state index in [4.69, 9.17) is 0 Å². The van der Waals surface area contributed by atoms with Gasteiger partial charge in [-0.15, -0.1) is 12.4 Å². The molecule has 2 heterocycles. The molecule has 0 atom stereocenters. The van der Waals surface area contributed by atoms with Crippen molar-refractivity contribution in [1.29, 1.82) is 0 Å². The molecule has 1 aromatic carbocycles. The summed E-state index contributed by atoms with van der Waals surface area (Å²) in [6, 6.07) is 10.4. The van der Waals surface area contributed by atoms with Gasteiger partial charge in [-0.2, -0.15) is 9.40 Å². The minimum Gasteiger partial charge on any atom is -0.314 e. The van der Waals surface area contributed by atoms with E-state index in [0.717, 1.165) is 30.9 Å². The third-order valence-corrected chi connectivity index (χ3v) is 7.13. The molecule has 4 rings (SSSR count). The van der Waals surface area contributed by atoms with E-state index in [-0.39, 0.29) is 17.3 Å². The molecule has 1 N–H and O–H groups in total. The zero-order chi connectivity index (χ0) is 18.0. The van der Waals surface area contributed by atoms with E-state index in [2.05, 4.69) is 10.4 Å². The monoisotopic (exact) mass is 410 g/mol. The van der Waals surface area contributed by atoms with Crippen LogP contribution in [0.15, 0.2) is 47.6 Å². The highest BCUT2D eigenvalue weighted by Crippen LogP contribution is 2.28. The Bertz CT molecular complexity index is 828. The lowest BCUT2D eigenvalue weighted by Crippen LogP contribution is -2.45. The van der Waals surface area contributed by atoms with Crippen molar-refractivity contribution in [2.45, 2.75) is 43.2 Å². The van der Waals surface area contributed by atoms with Gasteiger partial charge in [0, 0.05) is 25.3 Å². The van der Waals surface area contributed by atoms with Gasteiger partial charge in [0.05, 0.1) is 12.7 Å². The predicted octanol–water partition coefficient (Wildman–Crippen LogP) is 2.51. The number of sulfonamides is 1. The molecular weight excluding hydrogens is 384 g/mol. The van der Waals surface area contributed by atoms with Crippen LogP contribution in [0.3, 0.4) is 0 Å². The number of nitrogens with zero attached hydrogens (tertiary/aromatic N) is 3. The number of hydrogen-bond donors (Lipinski definition) is 1. The number of benzene rings is 1. The van der Waals surface area contributed by atoms with Gasteiger partial charge >= 0.3 is 0 Å². The highest BCUT2D eigenvalue weighted by Gasteiger charge is 2.31. The van der Waals surface area contributed by atoms with E-state index in [1.54, 1.807) is 15.2 Å². The molecule has 8 heteroatoms. The molecule has 0 spiro atoms. The first kappa shape index (κ1) is 20.3.